The first-order valence-corrected chi connectivity index (χ1v) is 3.92. The number of benzene rings is 1. The summed E-state index contributed by atoms with van der Waals surface area (Å²) in [5, 5.41) is 8.99. The van der Waals surface area contributed by atoms with Crippen molar-refractivity contribution in [3.05, 3.63) is 29.8 Å². The number of phenols is 1. The van der Waals surface area contributed by atoms with Crippen LogP contribution in [-0.2, 0) is 4.79 Å². The van der Waals surface area contributed by atoms with E-state index in [9.17, 15) is 4.79 Å². The number of carbonyl (C=O) groups is 1. The van der Waals surface area contributed by atoms with Gasteiger partial charge in [0.15, 0.2) is 0 Å². The predicted octanol–water partition coefficient (Wildman–Crippen LogP) is 0.267. The summed E-state index contributed by atoms with van der Waals surface area (Å²) in [6, 6.07) is 6.00. The number of carbonyl (C=O) groups excluding carboxylic acids is 1. The van der Waals surface area contributed by atoms with Crippen LogP contribution in [0, 0.1) is 0 Å². The van der Waals surface area contributed by atoms with Crippen molar-refractivity contribution in [1.82, 2.24) is 0 Å². The van der Waals surface area contributed by atoms with Gasteiger partial charge in [0.05, 0.1) is 0 Å². The molecule has 0 saturated heterocycles. The van der Waals surface area contributed by atoms with Crippen LogP contribution in [0.25, 0.3) is 0 Å². The molecule has 1 aromatic rings. The van der Waals surface area contributed by atoms with E-state index in [4.69, 9.17) is 16.6 Å². The molecular formula is C9H12N2O2. The fourth-order valence-electron chi connectivity index (χ4n) is 1.06. The fourth-order valence-corrected chi connectivity index (χ4v) is 1.06. The first kappa shape index (κ1) is 9.54. The molecule has 5 N–H and O–H groups in total. The number of rotatable bonds is 3. The van der Waals surface area contributed by atoms with Crippen molar-refractivity contribution in [1.29, 1.82) is 0 Å². The van der Waals surface area contributed by atoms with Crippen molar-refractivity contribution in [2.75, 3.05) is 0 Å². The monoisotopic (exact) mass is 180 g/mol. The van der Waals surface area contributed by atoms with Crippen molar-refractivity contribution in [3.63, 3.8) is 0 Å². The molecule has 0 aliphatic carbocycles. The molecule has 1 atom stereocenters. The van der Waals surface area contributed by atoms with Crippen LogP contribution >= 0.6 is 0 Å². The van der Waals surface area contributed by atoms with E-state index < -0.39 is 11.9 Å². The lowest BCUT2D eigenvalue weighted by Gasteiger charge is -2.09. The zero-order valence-corrected chi connectivity index (χ0v) is 7.10. The van der Waals surface area contributed by atoms with Gasteiger partial charge in [0.2, 0.25) is 5.91 Å². The van der Waals surface area contributed by atoms with Crippen LogP contribution in [0.15, 0.2) is 24.3 Å². The highest BCUT2D eigenvalue weighted by Crippen LogP contribution is 2.16. The Morgan fingerprint density at radius 2 is 1.92 bits per heavy atom. The molecule has 13 heavy (non-hydrogen) atoms. The lowest BCUT2D eigenvalue weighted by molar-refractivity contribution is -0.118. The van der Waals surface area contributed by atoms with Gasteiger partial charge in [0.25, 0.3) is 0 Å². The Morgan fingerprint density at radius 1 is 1.38 bits per heavy atom. The molecule has 0 radical (unpaired) electrons. The van der Waals surface area contributed by atoms with E-state index in [2.05, 4.69) is 0 Å². The van der Waals surface area contributed by atoms with Gasteiger partial charge in [0, 0.05) is 12.5 Å². The van der Waals surface area contributed by atoms with E-state index in [1.54, 1.807) is 12.1 Å². The van der Waals surface area contributed by atoms with Gasteiger partial charge in [-0.3, -0.25) is 4.79 Å². The van der Waals surface area contributed by atoms with E-state index in [0.29, 0.717) is 0 Å². The van der Waals surface area contributed by atoms with Crippen LogP contribution < -0.4 is 11.5 Å². The van der Waals surface area contributed by atoms with E-state index in [1.807, 2.05) is 0 Å². The first-order valence-electron chi connectivity index (χ1n) is 3.92. The summed E-state index contributed by atoms with van der Waals surface area (Å²) in [5.74, 6) is -0.254. The summed E-state index contributed by atoms with van der Waals surface area (Å²) in [7, 11) is 0. The fraction of sp³-hybridized carbons (Fsp3) is 0.222. The molecule has 0 fully saturated rings. The minimum atomic E-state index is -0.430. The van der Waals surface area contributed by atoms with E-state index in [1.165, 1.54) is 12.1 Å². The third-order valence-electron chi connectivity index (χ3n) is 1.74. The highest BCUT2D eigenvalue weighted by atomic mass is 16.3. The Kier molecular flexibility index (Phi) is 2.87. The molecule has 0 aliphatic heterocycles. The molecule has 0 unspecified atom stereocenters. The quantitative estimate of drug-likeness (QED) is 0.623. The second-order valence-electron chi connectivity index (χ2n) is 2.87. The second kappa shape index (κ2) is 3.91. The Bertz CT molecular complexity index is 295. The molecule has 1 aromatic carbocycles. The molecule has 1 rings (SSSR count). The van der Waals surface area contributed by atoms with Crippen LogP contribution in [0.4, 0.5) is 0 Å². The highest BCUT2D eigenvalue weighted by molar-refractivity contribution is 5.74. The maximum Gasteiger partial charge on any atom is 0.219 e. The lowest BCUT2D eigenvalue weighted by atomic mass is 10.0. The van der Waals surface area contributed by atoms with Crippen LogP contribution in [0.2, 0.25) is 0 Å². The summed E-state index contributed by atoms with van der Waals surface area (Å²) in [5.41, 5.74) is 11.4. The van der Waals surface area contributed by atoms with E-state index >= 15 is 0 Å². The Hall–Kier alpha value is -1.55. The lowest BCUT2D eigenvalue weighted by Crippen LogP contribution is -2.20. The van der Waals surface area contributed by atoms with Crippen LogP contribution in [0.5, 0.6) is 5.75 Å². The molecule has 1 amide bonds. The Balaban J connectivity index is 2.71. The summed E-state index contributed by atoms with van der Waals surface area (Å²) in [6.45, 7) is 0. The van der Waals surface area contributed by atoms with Gasteiger partial charge in [0.1, 0.15) is 5.75 Å². The third kappa shape index (κ3) is 2.76. The third-order valence-corrected chi connectivity index (χ3v) is 1.74. The van der Waals surface area contributed by atoms with Crippen LogP contribution in [0.3, 0.4) is 0 Å². The minimum Gasteiger partial charge on any atom is -0.508 e. The van der Waals surface area contributed by atoms with E-state index in [0.717, 1.165) is 5.56 Å². The van der Waals surface area contributed by atoms with Gasteiger partial charge >= 0.3 is 0 Å². The standard InChI is InChI=1S/C9H12N2O2/c10-8(5-9(11)13)6-1-3-7(12)4-2-6/h1-4,8,12H,5,10H2,(H2,11,13)/t8-/m0/s1. The molecular weight excluding hydrogens is 168 g/mol. The van der Waals surface area contributed by atoms with Crippen molar-refractivity contribution in [3.8, 4) is 5.75 Å². The van der Waals surface area contributed by atoms with E-state index in [-0.39, 0.29) is 12.2 Å². The maximum atomic E-state index is 10.5. The number of hydrogen-bond donors (Lipinski definition) is 3. The van der Waals surface area contributed by atoms with Gasteiger partial charge in [-0.05, 0) is 17.7 Å². The Morgan fingerprint density at radius 3 is 2.38 bits per heavy atom. The molecule has 70 valence electrons. The maximum absolute atomic E-state index is 10.5. The molecule has 4 nitrogen and oxygen atoms in total. The van der Waals surface area contributed by atoms with Gasteiger partial charge in [-0.2, -0.15) is 0 Å². The average Bonchev–Trinajstić information content (AvgIpc) is 2.04. The molecule has 4 heteroatoms. The molecule has 0 aromatic heterocycles. The molecule has 0 bridgehead atoms. The molecule has 0 aliphatic rings. The second-order valence-corrected chi connectivity index (χ2v) is 2.87. The topological polar surface area (TPSA) is 89.3 Å². The molecule has 0 heterocycles. The van der Waals surface area contributed by atoms with Gasteiger partial charge in [-0.15, -0.1) is 0 Å². The number of hydrogen-bond acceptors (Lipinski definition) is 3. The average molecular weight is 180 g/mol. The smallest absolute Gasteiger partial charge is 0.219 e. The Labute approximate surface area is 76.2 Å². The van der Waals surface area contributed by atoms with Crippen molar-refractivity contribution in [2.45, 2.75) is 12.5 Å². The summed E-state index contributed by atoms with van der Waals surface area (Å²) < 4.78 is 0. The number of phenolic OH excluding ortho intramolecular Hbond substituents is 1. The minimum absolute atomic E-state index is 0.116. The summed E-state index contributed by atoms with van der Waals surface area (Å²) >= 11 is 0. The number of nitrogens with two attached hydrogens (primary N) is 2. The first-order chi connectivity index (χ1) is 6.09. The van der Waals surface area contributed by atoms with Gasteiger partial charge < -0.3 is 16.6 Å². The summed E-state index contributed by atoms with van der Waals surface area (Å²) in [6.07, 6.45) is 0.116. The van der Waals surface area contributed by atoms with Crippen molar-refractivity contribution >= 4 is 5.91 Å². The molecule has 0 spiro atoms. The number of primary amides is 1. The number of aromatic hydroxyl groups is 1. The number of amides is 1. The van der Waals surface area contributed by atoms with Crippen LogP contribution in [-0.4, -0.2) is 11.0 Å². The largest absolute Gasteiger partial charge is 0.508 e. The van der Waals surface area contributed by atoms with Crippen LogP contribution in [0.1, 0.15) is 18.0 Å². The molecule has 0 saturated carbocycles. The van der Waals surface area contributed by atoms with Gasteiger partial charge in [-0.25, -0.2) is 0 Å². The van der Waals surface area contributed by atoms with Crippen molar-refractivity contribution in [2.24, 2.45) is 11.5 Å². The highest BCUT2D eigenvalue weighted by Gasteiger charge is 2.08. The zero-order chi connectivity index (χ0) is 9.84. The zero-order valence-electron chi connectivity index (χ0n) is 7.10. The summed E-state index contributed by atoms with van der Waals surface area (Å²) in [4.78, 5) is 10.5. The van der Waals surface area contributed by atoms with Gasteiger partial charge in [-0.1, -0.05) is 12.1 Å². The predicted molar refractivity (Wildman–Crippen MR) is 48.8 cm³/mol. The van der Waals surface area contributed by atoms with Crippen molar-refractivity contribution < 1.29 is 9.90 Å². The normalized spacial score (nSPS) is 12.4. The SMILES string of the molecule is NC(=O)C[C@H](N)c1ccc(O)cc1.